The van der Waals surface area contributed by atoms with Gasteiger partial charge in [-0.25, -0.2) is 0 Å². The normalized spacial score (nSPS) is 31.2. The van der Waals surface area contributed by atoms with Crippen molar-refractivity contribution in [2.75, 3.05) is 72.1 Å². The van der Waals surface area contributed by atoms with Crippen LogP contribution in [0, 0.1) is 11.8 Å². The van der Waals surface area contributed by atoms with Gasteiger partial charge in [-0.15, -0.1) is 0 Å². The van der Waals surface area contributed by atoms with Crippen LogP contribution in [0.25, 0.3) is 0 Å². The van der Waals surface area contributed by atoms with Crippen molar-refractivity contribution in [3.63, 3.8) is 0 Å². The van der Waals surface area contributed by atoms with Crippen LogP contribution in [-0.2, 0) is 0 Å². The summed E-state index contributed by atoms with van der Waals surface area (Å²) >= 11 is 0. The van der Waals surface area contributed by atoms with Crippen molar-refractivity contribution in [2.24, 2.45) is 11.8 Å². The first-order chi connectivity index (χ1) is 11.7. The van der Waals surface area contributed by atoms with Gasteiger partial charge in [-0.05, 0) is 70.1 Å². The summed E-state index contributed by atoms with van der Waals surface area (Å²) in [5, 5.41) is 0. The highest BCUT2D eigenvalue weighted by atomic mass is 15.4. The lowest BCUT2D eigenvalue weighted by Crippen LogP contribution is -2.40. The van der Waals surface area contributed by atoms with Crippen LogP contribution in [0.5, 0.6) is 0 Å². The van der Waals surface area contributed by atoms with Crippen LogP contribution in [0.2, 0.25) is 0 Å². The monoisotopic (exact) mass is 336 g/mol. The molecule has 3 aliphatic heterocycles. The van der Waals surface area contributed by atoms with Crippen molar-refractivity contribution in [3.05, 3.63) is 0 Å². The number of hydrogen-bond acceptors (Lipinski definition) is 4. The molecule has 0 aromatic rings. The van der Waals surface area contributed by atoms with Crippen LogP contribution < -0.4 is 0 Å². The Balaban J connectivity index is 1.23. The Kier molecular flexibility index (Phi) is 7.38. The van der Waals surface area contributed by atoms with Crippen molar-refractivity contribution < 1.29 is 0 Å². The van der Waals surface area contributed by atoms with Gasteiger partial charge in [-0.2, -0.15) is 0 Å². The molecule has 0 amide bonds. The molecule has 140 valence electrons. The summed E-state index contributed by atoms with van der Waals surface area (Å²) in [5.74, 6) is 1.79. The molecule has 0 aliphatic carbocycles. The van der Waals surface area contributed by atoms with Gasteiger partial charge < -0.3 is 9.80 Å². The molecule has 4 heteroatoms. The summed E-state index contributed by atoms with van der Waals surface area (Å²) in [6.45, 7) is 19.2. The maximum atomic E-state index is 2.71. The zero-order valence-electron chi connectivity index (χ0n) is 16.3. The average Bonchev–Trinajstić information content (AvgIpc) is 3.18. The molecule has 24 heavy (non-hydrogen) atoms. The number of rotatable bonds is 8. The number of hydrogen-bond donors (Lipinski definition) is 0. The third-order valence-corrected chi connectivity index (χ3v) is 6.17. The zero-order valence-corrected chi connectivity index (χ0v) is 16.3. The van der Waals surface area contributed by atoms with E-state index in [0.29, 0.717) is 0 Å². The lowest BCUT2D eigenvalue weighted by molar-refractivity contribution is 0.133. The first-order valence-electron chi connectivity index (χ1n) is 10.6. The fraction of sp³-hybridized carbons (Fsp3) is 1.00. The molecule has 0 aromatic heterocycles. The van der Waals surface area contributed by atoms with E-state index in [0.717, 1.165) is 11.8 Å². The highest BCUT2D eigenvalue weighted by Gasteiger charge is 2.23. The number of likely N-dealkylation sites (tertiary alicyclic amines) is 2. The van der Waals surface area contributed by atoms with Crippen LogP contribution in [0.3, 0.4) is 0 Å². The number of piperidine rings is 1. The molecule has 3 rings (SSSR count). The molecule has 3 heterocycles. The van der Waals surface area contributed by atoms with Gasteiger partial charge in [0.1, 0.15) is 0 Å². The van der Waals surface area contributed by atoms with Gasteiger partial charge in [0.15, 0.2) is 0 Å². The summed E-state index contributed by atoms with van der Waals surface area (Å²) in [4.78, 5) is 10.7. The Hall–Kier alpha value is -0.160. The summed E-state index contributed by atoms with van der Waals surface area (Å²) in [7, 11) is 0. The van der Waals surface area contributed by atoms with E-state index >= 15 is 0 Å². The second kappa shape index (κ2) is 9.51. The first-order valence-corrected chi connectivity index (χ1v) is 10.6. The highest BCUT2D eigenvalue weighted by Crippen LogP contribution is 2.21. The van der Waals surface area contributed by atoms with E-state index in [1.807, 2.05) is 0 Å². The van der Waals surface area contributed by atoms with Crippen molar-refractivity contribution in [3.8, 4) is 0 Å². The van der Waals surface area contributed by atoms with Gasteiger partial charge >= 0.3 is 0 Å². The van der Waals surface area contributed by atoms with Crippen molar-refractivity contribution in [1.82, 2.24) is 19.6 Å². The molecule has 2 unspecified atom stereocenters. The van der Waals surface area contributed by atoms with Gasteiger partial charge in [0, 0.05) is 39.3 Å². The Morgan fingerprint density at radius 1 is 0.625 bits per heavy atom. The lowest BCUT2D eigenvalue weighted by atomic mass is 9.92. The van der Waals surface area contributed by atoms with Gasteiger partial charge in [0.25, 0.3) is 0 Å². The fourth-order valence-corrected chi connectivity index (χ4v) is 5.09. The molecule has 3 aliphatic rings. The standard InChI is InChI=1S/C20H40N4/c1-19-15-20(2)17-24(16-19)12-6-11-23-14-13-22(18-23)10-5-9-21-7-3-4-8-21/h19-20H,3-18H2,1-2H3. The SMILES string of the molecule is CC1CC(C)CN(CCCN2CCN(CCCN3CCCC3)C2)C1. The van der Waals surface area contributed by atoms with E-state index in [1.165, 1.54) is 104 Å². The number of nitrogens with zero attached hydrogens (tertiary/aromatic N) is 4. The molecule has 2 atom stereocenters. The van der Waals surface area contributed by atoms with Crippen LogP contribution in [0.4, 0.5) is 0 Å². The van der Waals surface area contributed by atoms with E-state index in [1.54, 1.807) is 0 Å². The predicted molar refractivity (Wildman–Crippen MR) is 102 cm³/mol. The molecule has 0 radical (unpaired) electrons. The smallest absolute Gasteiger partial charge is 0.0507 e. The van der Waals surface area contributed by atoms with Crippen molar-refractivity contribution in [2.45, 2.75) is 46.0 Å². The Morgan fingerprint density at radius 3 is 1.71 bits per heavy atom. The summed E-state index contributed by atoms with van der Waals surface area (Å²) < 4.78 is 0. The summed E-state index contributed by atoms with van der Waals surface area (Å²) in [6.07, 6.45) is 6.98. The molecule has 3 saturated heterocycles. The van der Waals surface area contributed by atoms with Crippen LogP contribution in [0.15, 0.2) is 0 Å². The molecule has 0 bridgehead atoms. The third-order valence-electron chi connectivity index (χ3n) is 6.17. The van der Waals surface area contributed by atoms with E-state index in [9.17, 15) is 0 Å². The highest BCUT2D eigenvalue weighted by molar-refractivity contribution is 4.76. The molecule has 0 aromatic carbocycles. The molecular formula is C20H40N4. The Bertz CT molecular complexity index is 346. The van der Waals surface area contributed by atoms with Crippen LogP contribution in [-0.4, -0.2) is 91.7 Å². The minimum absolute atomic E-state index is 0.895. The van der Waals surface area contributed by atoms with Gasteiger partial charge in [0.2, 0.25) is 0 Å². The van der Waals surface area contributed by atoms with Gasteiger partial charge in [-0.3, -0.25) is 9.80 Å². The molecule has 0 saturated carbocycles. The van der Waals surface area contributed by atoms with Gasteiger partial charge in [0.05, 0.1) is 6.67 Å². The minimum Gasteiger partial charge on any atom is -0.303 e. The topological polar surface area (TPSA) is 13.0 Å². The minimum atomic E-state index is 0.895. The second-order valence-electron chi connectivity index (χ2n) is 8.84. The zero-order chi connectivity index (χ0) is 16.8. The van der Waals surface area contributed by atoms with Gasteiger partial charge in [-0.1, -0.05) is 13.8 Å². The molecule has 4 nitrogen and oxygen atoms in total. The van der Waals surface area contributed by atoms with E-state index in [4.69, 9.17) is 0 Å². The molecule has 0 spiro atoms. The Morgan fingerprint density at radius 2 is 1.12 bits per heavy atom. The van der Waals surface area contributed by atoms with E-state index in [-0.39, 0.29) is 0 Å². The second-order valence-corrected chi connectivity index (χ2v) is 8.84. The van der Waals surface area contributed by atoms with E-state index < -0.39 is 0 Å². The summed E-state index contributed by atoms with van der Waals surface area (Å²) in [6, 6.07) is 0. The quantitative estimate of drug-likeness (QED) is 0.675. The predicted octanol–water partition coefficient (Wildman–Crippen LogP) is 2.42. The molecule has 3 fully saturated rings. The fourth-order valence-electron chi connectivity index (χ4n) is 5.09. The third kappa shape index (κ3) is 5.98. The van der Waals surface area contributed by atoms with Crippen LogP contribution in [0.1, 0.15) is 46.0 Å². The van der Waals surface area contributed by atoms with Crippen LogP contribution >= 0.6 is 0 Å². The average molecular weight is 337 g/mol. The Labute approximate surface area is 150 Å². The van der Waals surface area contributed by atoms with Crippen molar-refractivity contribution in [1.29, 1.82) is 0 Å². The maximum Gasteiger partial charge on any atom is 0.0507 e. The maximum absolute atomic E-state index is 2.71. The van der Waals surface area contributed by atoms with E-state index in [2.05, 4.69) is 33.4 Å². The lowest BCUT2D eigenvalue weighted by Gasteiger charge is -2.35. The van der Waals surface area contributed by atoms with Crippen molar-refractivity contribution >= 4 is 0 Å². The first kappa shape index (κ1) is 18.6. The summed E-state index contributed by atoms with van der Waals surface area (Å²) in [5.41, 5.74) is 0. The molecule has 0 N–H and O–H groups in total. The largest absolute Gasteiger partial charge is 0.303 e. The molecular weight excluding hydrogens is 296 g/mol.